The minimum absolute atomic E-state index is 0. The molecule has 0 bridgehead atoms. The summed E-state index contributed by atoms with van der Waals surface area (Å²) >= 11 is 7.73. The monoisotopic (exact) mass is 426 g/mol. The molecule has 0 saturated heterocycles. The summed E-state index contributed by atoms with van der Waals surface area (Å²) in [6.07, 6.45) is 0. The van der Waals surface area contributed by atoms with Crippen LogP contribution in [-0.4, -0.2) is 4.57 Å². The van der Waals surface area contributed by atoms with Gasteiger partial charge in [0.05, 0.1) is 11.4 Å². The van der Waals surface area contributed by atoms with Gasteiger partial charge in [0.25, 0.3) is 0 Å². The molecule has 0 aliphatic carbocycles. The Morgan fingerprint density at radius 3 is 2.50 bits per heavy atom. The van der Waals surface area contributed by atoms with E-state index in [-0.39, 0.29) is 22.8 Å². The topological polar surface area (TPSA) is 17.3 Å². The van der Waals surface area contributed by atoms with E-state index in [1.807, 2.05) is 30.5 Å². The van der Waals surface area contributed by atoms with Crippen molar-refractivity contribution in [3.63, 3.8) is 0 Å². The van der Waals surface area contributed by atoms with Crippen LogP contribution in [0.4, 0.5) is 10.1 Å². The molecule has 3 rings (SSSR count). The summed E-state index contributed by atoms with van der Waals surface area (Å²) in [5.74, 6) is -0.230. The van der Waals surface area contributed by atoms with E-state index >= 15 is 0 Å². The molecular weight excluding hydrogens is 411 g/mol. The molecule has 2 aromatic carbocycles. The van der Waals surface area contributed by atoms with Crippen LogP contribution in [0.1, 0.15) is 12.5 Å². The fraction of sp³-hybridized carbons (Fsp3) is 0.167. The quantitative estimate of drug-likeness (QED) is 0.477. The first kappa shape index (κ1) is 18.9. The van der Waals surface area contributed by atoms with Crippen molar-refractivity contribution in [3.8, 4) is 11.3 Å². The minimum atomic E-state index is -0.230. The Labute approximate surface area is 160 Å². The predicted molar refractivity (Wildman–Crippen MR) is 105 cm³/mol. The minimum Gasteiger partial charge on any atom is -0.317 e. The Balaban J connectivity index is 0.00000208. The number of aryl methyl sites for hydroxylation is 1. The van der Waals surface area contributed by atoms with Gasteiger partial charge in [-0.25, -0.2) is 9.38 Å². The van der Waals surface area contributed by atoms with Gasteiger partial charge in [0.2, 0.25) is 0 Å². The maximum atomic E-state index is 13.1. The second-order valence-electron chi connectivity index (χ2n) is 5.20. The molecule has 0 N–H and O–H groups in total. The highest BCUT2D eigenvalue weighted by Gasteiger charge is 2.07. The van der Waals surface area contributed by atoms with Gasteiger partial charge >= 0.3 is 0 Å². The van der Waals surface area contributed by atoms with Crippen molar-refractivity contribution in [2.24, 2.45) is 4.99 Å². The second-order valence-corrected chi connectivity index (χ2v) is 6.44. The zero-order valence-electron chi connectivity index (χ0n) is 13.3. The average Bonchev–Trinajstić information content (AvgIpc) is 2.94. The van der Waals surface area contributed by atoms with Crippen molar-refractivity contribution >= 4 is 45.6 Å². The highest BCUT2D eigenvalue weighted by atomic mass is 79.9. The van der Waals surface area contributed by atoms with Gasteiger partial charge in [0, 0.05) is 16.9 Å². The Bertz CT molecular complexity index is 900. The van der Waals surface area contributed by atoms with Crippen molar-refractivity contribution in [1.29, 1.82) is 0 Å². The smallest absolute Gasteiger partial charge is 0.190 e. The number of halogens is 3. The lowest BCUT2D eigenvalue weighted by Gasteiger charge is -2.06. The molecule has 1 heterocycles. The maximum absolute atomic E-state index is 13.1. The van der Waals surface area contributed by atoms with Crippen LogP contribution in [0.15, 0.2) is 52.8 Å². The van der Waals surface area contributed by atoms with Gasteiger partial charge in [-0.05, 0) is 61.4 Å². The number of benzene rings is 2. The molecule has 0 spiro atoms. The molecule has 0 fully saturated rings. The molecule has 0 aliphatic rings. The van der Waals surface area contributed by atoms with Gasteiger partial charge in [0.1, 0.15) is 5.82 Å². The zero-order chi connectivity index (χ0) is 16.4. The molecule has 0 amide bonds. The summed E-state index contributed by atoms with van der Waals surface area (Å²) in [6, 6.07) is 12.3. The molecule has 1 aromatic heterocycles. The summed E-state index contributed by atoms with van der Waals surface area (Å²) in [5.41, 5.74) is 3.88. The van der Waals surface area contributed by atoms with E-state index in [0.29, 0.717) is 5.02 Å². The van der Waals surface area contributed by atoms with Crippen molar-refractivity contribution in [1.82, 2.24) is 4.57 Å². The normalized spacial score (nSPS) is 11.4. The first-order valence-electron chi connectivity index (χ1n) is 7.33. The second kappa shape index (κ2) is 8.10. The van der Waals surface area contributed by atoms with E-state index in [0.717, 1.165) is 33.9 Å². The first-order valence-corrected chi connectivity index (χ1v) is 8.59. The Morgan fingerprint density at radius 2 is 1.88 bits per heavy atom. The first-order chi connectivity index (χ1) is 11.1. The molecule has 0 saturated carbocycles. The molecule has 126 valence electrons. The lowest BCUT2D eigenvalue weighted by molar-refractivity contribution is 0.628. The van der Waals surface area contributed by atoms with Gasteiger partial charge < -0.3 is 4.57 Å². The van der Waals surface area contributed by atoms with E-state index in [1.165, 1.54) is 12.1 Å². The van der Waals surface area contributed by atoms with Crippen LogP contribution >= 0.6 is 39.9 Å². The van der Waals surface area contributed by atoms with Gasteiger partial charge in [-0.2, -0.15) is 0 Å². The van der Waals surface area contributed by atoms with Crippen LogP contribution in [0.2, 0.25) is 5.02 Å². The number of rotatable bonds is 3. The lowest BCUT2D eigenvalue weighted by atomic mass is 10.2. The maximum Gasteiger partial charge on any atom is 0.190 e. The molecule has 2 nitrogen and oxygen atoms in total. The summed E-state index contributed by atoms with van der Waals surface area (Å²) in [5, 5.41) is 2.76. The number of nitrogens with zero attached hydrogens (tertiary/aromatic N) is 2. The average molecular weight is 428 g/mol. The van der Waals surface area contributed by atoms with Gasteiger partial charge in [-0.3, -0.25) is 0 Å². The van der Waals surface area contributed by atoms with Crippen molar-refractivity contribution in [2.45, 2.75) is 20.4 Å². The van der Waals surface area contributed by atoms with Crippen LogP contribution in [0.25, 0.3) is 11.3 Å². The number of hydrogen-bond donors (Lipinski definition) is 0. The Kier molecular flexibility index (Phi) is 6.38. The largest absolute Gasteiger partial charge is 0.317 e. The van der Waals surface area contributed by atoms with E-state index in [2.05, 4.69) is 11.5 Å². The summed E-state index contributed by atoms with van der Waals surface area (Å²) in [4.78, 5) is 5.60. The zero-order valence-corrected chi connectivity index (χ0v) is 16.6. The fourth-order valence-corrected chi connectivity index (χ4v) is 3.51. The summed E-state index contributed by atoms with van der Waals surface area (Å²) < 4.78 is 15.2. The molecule has 3 aromatic rings. The molecule has 0 unspecified atom stereocenters. The van der Waals surface area contributed by atoms with Gasteiger partial charge in [-0.15, -0.1) is 28.3 Å². The summed E-state index contributed by atoms with van der Waals surface area (Å²) in [6.45, 7) is 4.83. The van der Waals surface area contributed by atoms with Crippen LogP contribution in [0.5, 0.6) is 0 Å². The third kappa shape index (κ3) is 3.97. The molecular formula is C18H17BrClFN2S. The van der Waals surface area contributed by atoms with E-state index < -0.39 is 0 Å². The Morgan fingerprint density at radius 1 is 1.17 bits per heavy atom. The van der Waals surface area contributed by atoms with Crippen LogP contribution in [0, 0.1) is 12.7 Å². The third-order valence-corrected chi connectivity index (χ3v) is 4.90. The van der Waals surface area contributed by atoms with E-state index in [1.54, 1.807) is 23.5 Å². The highest BCUT2D eigenvalue weighted by molar-refractivity contribution is 8.93. The van der Waals surface area contributed by atoms with Crippen molar-refractivity contribution < 1.29 is 4.39 Å². The molecule has 0 atom stereocenters. The molecule has 0 radical (unpaired) electrons. The van der Waals surface area contributed by atoms with Gasteiger partial charge in [0.15, 0.2) is 4.80 Å². The predicted octanol–water partition coefficient (Wildman–Crippen LogP) is 6.15. The Hall–Kier alpha value is -1.43. The van der Waals surface area contributed by atoms with Crippen molar-refractivity contribution in [3.05, 3.63) is 69.0 Å². The molecule has 0 aliphatic heterocycles. The van der Waals surface area contributed by atoms with E-state index in [9.17, 15) is 4.39 Å². The number of aromatic nitrogens is 1. The van der Waals surface area contributed by atoms with Gasteiger partial charge in [-0.1, -0.05) is 17.7 Å². The third-order valence-electron chi connectivity index (χ3n) is 3.63. The fourth-order valence-electron chi connectivity index (χ4n) is 2.34. The van der Waals surface area contributed by atoms with Crippen LogP contribution in [-0.2, 0) is 6.54 Å². The lowest BCUT2D eigenvalue weighted by Crippen LogP contribution is -2.14. The number of thiazole rings is 1. The summed E-state index contributed by atoms with van der Waals surface area (Å²) in [7, 11) is 0. The molecule has 6 heteroatoms. The van der Waals surface area contributed by atoms with Crippen LogP contribution < -0.4 is 4.80 Å². The molecule has 24 heavy (non-hydrogen) atoms. The highest BCUT2D eigenvalue weighted by Crippen LogP contribution is 2.23. The number of hydrogen-bond acceptors (Lipinski definition) is 2. The van der Waals surface area contributed by atoms with Crippen LogP contribution in [0.3, 0.4) is 0 Å². The standard InChI is InChI=1S/C18H16ClFN2S.BrH/c1-3-22-17(13-5-7-14(20)8-6-13)11-23-18(22)21-15-9-4-12(2)16(19)10-15;/h4-11H,3H2,1-2H3;1H. The van der Waals surface area contributed by atoms with Crippen molar-refractivity contribution in [2.75, 3.05) is 0 Å². The SMILES string of the molecule is Br.CCn1c(-c2ccc(F)cc2)csc1=Nc1ccc(C)c(Cl)c1. The van der Waals surface area contributed by atoms with E-state index in [4.69, 9.17) is 16.6 Å².